The highest BCUT2D eigenvalue weighted by atomic mass is 19.1. The highest BCUT2D eigenvalue weighted by Crippen LogP contribution is 2.17. The number of carbonyl (C=O) groups is 2. The van der Waals surface area contributed by atoms with Crippen LogP contribution in [0.15, 0.2) is 18.2 Å². The molecule has 20 heavy (non-hydrogen) atoms. The number of halogens is 2. The van der Waals surface area contributed by atoms with Crippen LogP contribution in [-0.2, 0) is 9.53 Å². The number of urea groups is 1. The predicted octanol–water partition coefficient (Wildman–Crippen LogP) is 2.28. The molecule has 0 aliphatic heterocycles. The van der Waals surface area contributed by atoms with Crippen LogP contribution < -0.4 is 10.6 Å². The van der Waals surface area contributed by atoms with Crippen molar-refractivity contribution in [1.82, 2.24) is 5.32 Å². The van der Waals surface area contributed by atoms with E-state index in [1.807, 2.05) is 5.32 Å². The lowest BCUT2D eigenvalue weighted by atomic mass is 10.1. The first-order chi connectivity index (χ1) is 9.36. The zero-order chi connectivity index (χ0) is 15.3. The highest BCUT2D eigenvalue weighted by Gasteiger charge is 2.25. The Kier molecular flexibility index (Phi) is 5.42. The maximum atomic E-state index is 13.4. The number of methoxy groups -OCH3 is 1. The third kappa shape index (κ3) is 3.91. The maximum Gasteiger partial charge on any atom is 0.328 e. The normalized spacial score (nSPS) is 11.9. The van der Waals surface area contributed by atoms with E-state index in [1.54, 1.807) is 13.8 Å². The van der Waals surface area contributed by atoms with Crippen molar-refractivity contribution in [2.45, 2.75) is 19.9 Å². The number of benzene rings is 1. The van der Waals surface area contributed by atoms with Gasteiger partial charge in [0.1, 0.15) is 23.4 Å². The zero-order valence-electron chi connectivity index (χ0n) is 11.4. The van der Waals surface area contributed by atoms with Gasteiger partial charge in [-0.05, 0) is 18.1 Å². The summed E-state index contributed by atoms with van der Waals surface area (Å²) in [5, 5.41) is 4.35. The lowest BCUT2D eigenvalue weighted by Crippen LogP contribution is -2.46. The summed E-state index contributed by atoms with van der Waals surface area (Å²) in [5.41, 5.74) is -0.572. The van der Waals surface area contributed by atoms with E-state index in [-0.39, 0.29) is 5.92 Å². The largest absolute Gasteiger partial charge is 0.467 e. The van der Waals surface area contributed by atoms with Crippen LogP contribution in [0.1, 0.15) is 13.8 Å². The summed E-state index contributed by atoms with van der Waals surface area (Å²) < 4.78 is 31.3. The van der Waals surface area contributed by atoms with E-state index in [0.29, 0.717) is 0 Å². The molecule has 0 aromatic heterocycles. The van der Waals surface area contributed by atoms with E-state index < -0.39 is 35.4 Å². The van der Waals surface area contributed by atoms with Gasteiger partial charge in [0.05, 0.1) is 7.11 Å². The fourth-order valence-electron chi connectivity index (χ4n) is 1.53. The molecule has 2 N–H and O–H groups in total. The standard InChI is InChI=1S/C13H16F2N2O3/c1-7(2)10(12(18)20-3)16-13(19)17-11-8(14)5-4-6-9(11)15/h4-7,10H,1-3H3,(H2,16,17,19). The van der Waals surface area contributed by atoms with Gasteiger partial charge in [-0.3, -0.25) is 0 Å². The average Bonchev–Trinajstić information content (AvgIpc) is 2.39. The molecule has 0 aliphatic rings. The van der Waals surface area contributed by atoms with Crippen molar-refractivity contribution in [1.29, 1.82) is 0 Å². The van der Waals surface area contributed by atoms with Crippen molar-refractivity contribution < 1.29 is 23.1 Å². The number of hydrogen-bond acceptors (Lipinski definition) is 3. The van der Waals surface area contributed by atoms with Crippen molar-refractivity contribution in [3.05, 3.63) is 29.8 Å². The minimum absolute atomic E-state index is 0.237. The predicted molar refractivity (Wildman–Crippen MR) is 69.2 cm³/mol. The van der Waals surface area contributed by atoms with Crippen LogP contribution in [0.25, 0.3) is 0 Å². The molecule has 5 nitrogen and oxygen atoms in total. The highest BCUT2D eigenvalue weighted by molar-refractivity contribution is 5.92. The van der Waals surface area contributed by atoms with Gasteiger partial charge in [0.25, 0.3) is 0 Å². The van der Waals surface area contributed by atoms with Crippen LogP contribution >= 0.6 is 0 Å². The Morgan fingerprint density at radius 2 is 1.75 bits per heavy atom. The second-order valence-corrected chi connectivity index (χ2v) is 4.44. The molecule has 110 valence electrons. The lowest BCUT2D eigenvalue weighted by Gasteiger charge is -2.20. The first-order valence-corrected chi connectivity index (χ1v) is 5.96. The summed E-state index contributed by atoms with van der Waals surface area (Å²) in [7, 11) is 1.19. The van der Waals surface area contributed by atoms with E-state index >= 15 is 0 Å². The number of nitrogens with one attached hydrogen (secondary N) is 2. The third-order valence-electron chi connectivity index (χ3n) is 2.61. The molecule has 0 heterocycles. The maximum absolute atomic E-state index is 13.4. The minimum Gasteiger partial charge on any atom is -0.467 e. The van der Waals surface area contributed by atoms with Crippen molar-refractivity contribution >= 4 is 17.7 Å². The summed E-state index contributed by atoms with van der Waals surface area (Å²) >= 11 is 0. The van der Waals surface area contributed by atoms with Gasteiger partial charge in [-0.1, -0.05) is 19.9 Å². The van der Waals surface area contributed by atoms with Crippen molar-refractivity contribution in [2.75, 3.05) is 12.4 Å². The van der Waals surface area contributed by atoms with Gasteiger partial charge in [0.15, 0.2) is 0 Å². The Labute approximate surface area is 115 Å². The molecule has 1 aromatic rings. The Bertz CT molecular complexity index is 486. The van der Waals surface area contributed by atoms with Crippen LogP contribution in [0.5, 0.6) is 0 Å². The van der Waals surface area contributed by atoms with Gasteiger partial charge < -0.3 is 15.4 Å². The second kappa shape index (κ2) is 6.83. The summed E-state index contributed by atoms with van der Waals surface area (Å²) in [5.74, 6) is -2.68. The van der Waals surface area contributed by atoms with Crippen molar-refractivity contribution in [3.63, 3.8) is 0 Å². The summed E-state index contributed by atoms with van der Waals surface area (Å²) in [6, 6.07) is 1.41. The van der Waals surface area contributed by atoms with Gasteiger partial charge in [-0.15, -0.1) is 0 Å². The van der Waals surface area contributed by atoms with E-state index in [4.69, 9.17) is 0 Å². The Balaban J connectivity index is 2.79. The third-order valence-corrected chi connectivity index (χ3v) is 2.61. The molecule has 7 heteroatoms. The van der Waals surface area contributed by atoms with E-state index in [2.05, 4.69) is 10.1 Å². The number of anilines is 1. The fourth-order valence-corrected chi connectivity index (χ4v) is 1.53. The number of esters is 1. The van der Waals surface area contributed by atoms with Gasteiger partial charge in [-0.25, -0.2) is 18.4 Å². The Hall–Kier alpha value is -2.18. The Morgan fingerprint density at radius 1 is 1.20 bits per heavy atom. The minimum atomic E-state index is -0.908. The van der Waals surface area contributed by atoms with Gasteiger partial charge in [-0.2, -0.15) is 0 Å². The second-order valence-electron chi connectivity index (χ2n) is 4.44. The molecule has 0 radical (unpaired) electrons. The molecule has 1 rings (SSSR count). The van der Waals surface area contributed by atoms with E-state index in [9.17, 15) is 18.4 Å². The summed E-state index contributed by atoms with van der Waals surface area (Å²) in [4.78, 5) is 23.2. The first kappa shape index (κ1) is 15.9. The number of rotatable bonds is 4. The molecule has 0 aliphatic carbocycles. The lowest BCUT2D eigenvalue weighted by molar-refractivity contribution is -0.143. The fraction of sp³-hybridized carbons (Fsp3) is 0.385. The quantitative estimate of drug-likeness (QED) is 0.834. The van der Waals surface area contributed by atoms with Gasteiger partial charge in [0, 0.05) is 0 Å². The molecule has 0 spiro atoms. The van der Waals surface area contributed by atoms with Crippen molar-refractivity contribution in [3.8, 4) is 0 Å². The number of amides is 2. The topological polar surface area (TPSA) is 67.4 Å². The van der Waals surface area contributed by atoms with Crippen LogP contribution in [0, 0.1) is 17.6 Å². The van der Waals surface area contributed by atoms with Gasteiger partial charge in [0.2, 0.25) is 0 Å². The number of para-hydroxylation sites is 1. The number of hydrogen-bond donors (Lipinski definition) is 2. The zero-order valence-corrected chi connectivity index (χ0v) is 11.4. The molecule has 1 unspecified atom stereocenters. The molecule has 1 atom stereocenters. The first-order valence-electron chi connectivity index (χ1n) is 5.96. The molecule has 0 bridgehead atoms. The van der Waals surface area contributed by atoms with Crippen LogP contribution in [-0.4, -0.2) is 25.2 Å². The van der Waals surface area contributed by atoms with Gasteiger partial charge >= 0.3 is 12.0 Å². The Morgan fingerprint density at radius 3 is 2.20 bits per heavy atom. The van der Waals surface area contributed by atoms with E-state index in [0.717, 1.165) is 12.1 Å². The molecule has 0 saturated heterocycles. The molecular formula is C13H16F2N2O3. The smallest absolute Gasteiger partial charge is 0.328 e. The average molecular weight is 286 g/mol. The monoisotopic (exact) mass is 286 g/mol. The van der Waals surface area contributed by atoms with E-state index in [1.165, 1.54) is 13.2 Å². The van der Waals surface area contributed by atoms with Crippen LogP contribution in [0.4, 0.5) is 19.3 Å². The molecule has 1 aromatic carbocycles. The SMILES string of the molecule is COC(=O)C(NC(=O)Nc1c(F)cccc1F)C(C)C. The molecule has 0 fully saturated rings. The van der Waals surface area contributed by atoms with Crippen LogP contribution in [0.2, 0.25) is 0 Å². The molecule has 0 saturated carbocycles. The molecule has 2 amide bonds. The summed E-state index contributed by atoms with van der Waals surface area (Å²) in [6.07, 6.45) is 0. The summed E-state index contributed by atoms with van der Waals surface area (Å²) in [6.45, 7) is 3.40. The van der Waals surface area contributed by atoms with Crippen molar-refractivity contribution in [2.24, 2.45) is 5.92 Å². The molecular weight excluding hydrogens is 270 g/mol. The number of carbonyl (C=O) groups excluding carboxylic acids is 2. The number of ether oxygens (including phenoxy) is 1. The van der Waals surface area contributed by atoms with Crippen LogP contribution in [0.3, 0.4) is 0 Å².